The fraction of sp³-hybridized carbons (Fsp3) is 0.500. The van der Waals surface area contributed by atoms with Crippen molar-refractivity contribution in [1.82, 2.24) is 4.90 Å². The second-order valence-electron chi connectivity index (χ2n) is 5.04. The first-order valence-corrected chi connectivity index (χ1v) is 6.63. The van der Waals surface area contributed by atoms with E-state index in [1.165, 1.54) is 18.2 Å². The summed E-state index contributed by atoms with van der Waals surface area (Å²) >= 11 is 0. The van der Waals surface area contributed by atoms with E-state index in [0.29, 0.717) is 18.0 Å². The Bertz CT molecular complexity index is 460. The van der Waals surface area contributed by atoms with E-state index in [1.54, 1.807) is 4.90 Å². The zero-order valence-corrected chi connectivity index (χ0v) is 10.9. The van der Waals surface area contributed by atoms with Crippen LogP contribution in [0.4, 0.5) is 0 Å². The number of likely N-dealkylation sites (tertiary alicyclic amines) is 1. The van der Waals surface area contributed by atoms with Crippen molar-refractivity contribution in [3.63, 3.8) is 0 Å². The van der Waals surface area contributed by atoms with Crippen LogP contribution in [0.15, 0.2) is 18.2 Å². The summed E-state index contributed by atoms with van der Waals surface area (Å²) in [6, 6.07) is 4.18. The van der Waals surface area contributed by atoms with Gasteiger partial charge in [0.05, 0.1) is 0 Å². The van der Waals surface area contributed by atoms with Crippen LogP contribution >= 0.6 is 0 Å². The Hall–Kier alpha value is -1.75. The van der Waals surface area contributed by atoms with Crippen LogP contribution in [0.2, 0.25) is 0 Å². The van der Waals surface area contributed by atoms with Crippen LogP contribution in [0.25, 0.3) is 0 Å². The highest BCUT2D eigenvalue weighted by Crippen LogP contribution is 2.27. The van der Waals surface area contributed by atoms with Gasteiger partial charge in [-0.2, -0.15) is 0 Å². The SMILES string of the molecule is NCCC1CCCN(C(=O)c2ccc(O)c(O)c2)C1. The van der Waals surface area contributed by atoms with E-state index < -0.39 is 0 Å². The van der Waals surface area contributed by atoms with Gasteiger partial charge >= 0.3 is 0 Å². The zero-order chi connectivity index (χ0) is 13.8. The molecule has 4 N–H and O–H groups in total. The van der Waals surface area contributed by atoms with Gasteiger partial charge in [-0.25, -0.2) is 0 Å². The van der Waals surface area contributed by atoms with Crippen LogP contribution in [-0.4, -0.2) is 40.7 Å². The number of aromatic hydroxyl groups is 2. The van der Waals surface area contributed by atoms with Crippen molar-refractivity contribution >= 4 is 5.91 Å². The van der Waals surface area contributed by atoms with Gasteiger partial charge in [-0.05, 0) is 49.9 Å². The molecule has 0 saturated carbocycles. The molecule has 1 amide bonds. The molecule has 0 aromatic heterocycles. The highest BCUT2D eigenvalue weighted by molar-refractivity contribution is 5.95. The number of carbonyl (C=O) groups is 1. The molecule has 1 aliphatic rings. The Morgan fingerprint density at radius 2 is 2.16 bits per heavy atom. The topological polar surface area (TPSA) is 86.8 Å². The van der Waals surface area contributed by atoms with Crippen LogP contribution < -0.4 is 5.73 Å². The molecular weight excluding hydrogens is 244 g/mol. The maximum atomic E-state index is 12.3. The number of phenolic OH excluding ortho intramolecular Hbond substituents is 2. The lowest BCUT2D eigenvalue weighted by atomic mass is 9.94. The minimum atomic E-state index is -0.263. The number of nitrogens with two attached hydrogens (primary N) is 1. The molecule has 1 aromatic carbocycles. The number of amides is 1. The van der Waals surface area contributed by atoms with Gasteiger partial charge in [0.25, 0.3) is 5.91 Å². The van der Waals surface area contributed by atoms with E-state index in [-0.39, 0.29) is 17.4 Å². The number of carbonyl (C=O) groups excluding carboxylic acids is 1. The van der Waals surface area contributed by atoms with Crippen LogP contribution in [0.1, 0.15) is 29.6 Å². The van der Waals surface area contributed by atoms with Crippen molar-refractivity contribution < 1.29 is 15.0 Å². The van der Waals surface area contributed by atoms with Crippen molar-refractivity contribution in [3.8, 4) is 11.5 Å². The van der Waals surface area contributed by atoms with E-state index in [0.717, 1.165) is 32.4 Å². The molecule has 0 radical (unpaired) electrons. The first kappa shape index (κ1) is 13.7. The van der Waals surface area contributed by atoms with E-state index >= 15 is 0 Å². The lowest BCUT2D eigenvalue weighted by molar-refractivity contribution is 0.0669. The molecule has 0 spiro atoms. The molecule has 2 rings (SSSR count). The molecular formula is C14H20N2O3. The number of benzene rings is 1. The molecule has 1 fully saturated rings. The molecule has 104 valence electrons. The molecule has 0 bridgehead atoms. The normalized spacial score (nSPS) is 19.4. The summed E-state index contributed by atoms with van der Waals surface area (Å²) in [6.45, 7) is 2.10. The van der Waals surface area contributed by atoms with Crippen molar-refractivity contribution in [2.75, 3.05) is 19.6 Å². The first-order valence-electron chi connectivity index (χ1n) is 6.63. The Kier molecular flexibility index (Phi) is 4.27. The molecule has 0 aliphatic carbocycles. The molecule has 1 heterocycles. The molecule has 19 heavy (non-hydrogen) atoms. The van der Waals surface area contributed by atoms with E-state index in [4.69, 9.17) is 5.73 Å². The largest absolute Gasteiger partial charge is 0.504 e. The second kappa shape index (κ2) is 5.93. The number of piperidine rings is 1. The van der Waals surface area contributed by atoms with Crippen molar-refractivity contribution in [1.29, 1.82) is 0 Å². The van der Waals surface area contributed by atoms with E-state index in [9.17, 15) is 15.0 Å². The van der Waals surface area contributed by atoms with Gasteiger partial charge in [0, 0.05) is 18.7 Å². The standard InChI is InChI=1S/C14H20N2O3/c15-6-5-10-2-1-7-16(9-10)14(19)11-3-4-12(17)13(18)8-11/h3-4,8,10,17-18H,1-2,5-7,9,15H2. The first-order chi connectivity index (χ1) is 9.11. The minimum absolute atomic E-state index is 0.1000. The minimum Gasteiger partial charge on any atom is -0.504 e. The summed E-state index contributed by atoms with van der Waals surface area (Å²) in [4.78, 5) is 14.1. The van der Waals surface area contributed by atoms with Gasteiger partial charge in [-0.3, -0.25) is 4.79 Å². The Labute approximate surface area is 112 Å². The van der Waals surface area contributed by atoms with Gasteiger partial charge in [0.2, 0.25) is 0 Å². The van der Waals surface area contributed by atoms with Crippen LogP contribution in [0, 0.1) is 5.92 Å². The van der Waals surface area contributed by atoms with Crippen LogP contribution in [0.3, 0.4) is 0 Å². The highest BCUT2D eigenvalue weighted by Gasteiger charge is 2.24. The highest BCUT2D eigenvalue weighted by atomic mass is 16.3. The zero-order valence-electron chi connectivity index (χ0n) is 10.9. The Morgan fingerprint density at radius 3 is 2.84 bits per heavy atom. The number of phenols is 2. The van der Waals surface area contributed by atoms with E-state index in [1.807, 2.05) is 0 Å². The second-order valence-corrected chi connectivity index (χ2v) is 5.04. The van der Waals surface area contributed by atoms with Gasteiger partial charge < -0.3 is 20.8 Å². The van der Waals surface area contributed by atoms with E-state index in [2.05, 4.69) is 0 Å². The molecule has 1 aromatic rings. The van der Waals surface area contributed by atoms with Gasteiger partial charge in [-0.1, -0.05) is 0 Å². The predicted octanol–water partition coefficient (Wildman–Crippen LogP) is 1.30. The maximum absolute atomic E-state index is 12.3. The Balaban J connectivity index is 2.08. The fourth-order valence-corrected chi connectivity index (χ4v) is 2.56. The maximum Gasteiger partial charge on any atom is 0.254 e. The van der Waals surface area contributed by atoms with Crippen molar-refractivity contribution in [3.05, 3.63) is 23.8 Å². The number of hydrogen-bond acceptors (Lipinski definition) is 4. The average Bonchev–Trinajstić information content (AvgIpc) is 2.42. The summed E-state index contributed by atoms with van der Waals surface area (Å²) in [7, 11) is 0. The fourth-order valence-electron chi connectivity index (χ4n) is 2.56. The third-order valence-corrected chi connectivity index (χ3v) is 3.60. The summed E-state index contributed by atoms with van der Waals surface area (Å²) in [6.07, 6.45) is 3.03. The van der Waals surface area contributed by atoms with Crippen LogP contribution in [0.5, 0.6) is 11.5 Å². The summed E-state index contributed by atoms with van der Waals surface area (Å²) < 4.78 is 0. The molecule has 5 heteroatoms. The third-order valence-electron chi connectivity index (χ3n) is 3.60. The molecule has 1 atom stereocenters. The van der Waals surface area contributed by atoms with Crippen LogP contribution in [-0.2, 0) is 0 Å². The molecule has 1 unspecified atom stereocenters. The van der Waals surface area contributed by atoms with Gasteiger partial charge in [0.1, 0.15) is 0 Å². The number of hydrogen-bond donors (Lipinski definition) is 3. The summed E-state index contributed by atoms with van der Waals surface area (Å²) in [5, 5.41) is 18.7. The molecule has 1 aliphatic heterocycles. The van der Waals surface area contributed by atoms with Crippen molar-refractivity contribution in [2.45, 2.75) is 19.3 Å². The third kappa shape index (κ3) is 3.17. The smallest absolute Gasteiger partial charge is 0.254 e. The molecule has 1 saturated heterocycles. The van der Waals surface area contributed by atoms with Gasteiger partial charge in [0.15, 0.2) is 11.5 Å². The number of rotatable bonds is 3. The quantitative estimate of drug-likeness (QED) is 0.718. The van der Waals surface area contributed by atoms with Crippen molar-refractivity contribution in [2.24, 2.45) is 11.7 Å². The Morgan fingerprint density at radius 1 is 1.37 bits per heavy atom. The monoisotopic (exact) mass is 264 g/mol. The molecule has 5 nitrogen and oxygen atoms in total. The average molecular weight is 264 g/mol. The lowest BCUT2D eigenvalue weighted by Crippen LogP contribution is -2.40. The number of nitrogens with zero attached hydrogens (tertiary/aromatic N) is 1. The van der Waals surface area contributed by atoms with Gasteiger partial charge in [-0.15, -0.1) is 0 Å². The summed E-state index contributed by atoms with van der Waals surface area (Å²) in [5.41, 5.74) is 5.97. The predicted molar refractivity (Wildman–Crippen MR) is 72.1 cm³/mol. The lowest BCUT2D eigenvalue weighted by Gasteiger charge is -2.32. The summed E-state index contributed by atoms with van der Waals surface area (Å²) in [5.74, 6) is -0.108.